The number of aromatic nitrogens is 1. The molecule has 24 heavy (non-hydrogen) atoms. The van der Waals surface area contributed by atoms with Crippen LogP contribution in [0.15, 0.2) is 24.3 Å². The minimum Gasteiger partial charge on any atom is -0.481 e. The van der Waals surface area contributed by atoms with Crippen molar-refractivity contribution in [1.82, 2.24) is 4.98 Å². The maximum Gasteiger partial charge on any atom is 0.307 e. The van der Waals surface area contributed by atoms with Crippen molar-refractivity contribution < 1.29 is 14.7 Å². The molecular weight excluding hydrogens is 324 g/mol. The van der Waals surface area contributed by atoms with Crippen LogP contribution >= 0.6 is 11.3 Å². The van der Waals surface area contributed by atoms with Crippen LogP contribution in [0.2, 0.25) is 0 Å². The van der Waals surface area contributed by atoms with Gasteiger partial charge in [0.25, 0.3) is 0 Å². The number of nitrogens with one attached hydrogen (secondary N) is 1. The van der Waals surface area contributed by atoms with E-state index in [1.54, 1.807) is 0 Å². The number of carboxylic acid groups (broad SMARTS) is 1. The molecule has 1 aromatic heterocycles. The molecule has 0 saturated heterocycles. The Labute approximate surface area is 143 Å². The number of benzene rings is 1. The van der Waals surface area contributed by atoms with E-state index in [9.17, 15) is 14.7 Å². The van der Waals surface area contributed by atoms with Crippen LogP contribution in [0.1, 0.15) is 17.5 Å². The smallest absolute Gasteiger partial charge is 0.307 e. The summed E-state index contributed by atoms with van der Waals surface area (Å²) in [4.78, 5) is 28.7. The van der Waals surface area contributed by atoms with Gasteiger partial charge in [0.2, 0.25) is 5.91 Å². The van der Waals surface area contributed by atoms with Crippen LogP contribution in [0.4, 0.5) is 5.13 Å². The van der Waals surface area contributed by atoms with Gasteiger partial charge in [0, 0.05) is 0 Å². The summed E-state index contributed by atoms with van der Waals surface area (Å²) < 4.78 is 1.02. The van der Waals surface area contributed by atoms with Gasteiger partial charge >= 0.3 is 5.97 Å². The molecule has 4 unspecified atom stereocenters. The highest BCUT2D eigenvalue weighted by atomic mass is 32.1. The molecule has 2 aliphatic carbocycles. The Kier molecular flexibility index (Phi) is 3.46. The number of carbonyl (C=O) groups is 2. The van der Waals surface area contributed by atoms with Gasteiger partial charge in [-0.3, -0.25) is 9.59 Å². The van der Waals surface area contributed by atoms with Gasteiger partial charge in [0.15, 0.2) is 5.13 Å². The highest BCUT2D eigenvalue weighted by molar-refractivity contribution is 7.22. The largest absolute Gasteiger partial charge is 0.481 e. The minimum atomic E-state index is -0.887. The van der Waals surface area contributed by atoms with Crippen molar-refractivity contribution in [3.63, 3.8) is 0 Å². The van der Waals surface area contributed by atoms with Crippen LogP contribution in [0, 0.1) is 37.5 Å². The monoisotopic (exact) mass is 342 g/mol. The van der Waals surface area contributed by atoms with E-state index in [0.717, 1.165) is 22.2 Å². The summed E-state index contributed by atoms with van der Waals surface area (Å²) in [5, 5.41) is 12.9. The molecule has 6 heteroatoms. The Balaban J connectivity index is 1.60. The van der Waals surface area contributed by atoms with Crippen molar-refractivity contribution in [2.75, 3.05) is 5.32 Å². The average molecular weight is 342 g/mol. The number of anilines is 1. The third-order valence-corrected chi connectivity index (χ3v) is 6.21. The lowest BCUT2D eigenvalue weighted by molar-refractivity contribution is -0.146. The summed E-state index contributed by atoms with van der Waals surface area (Å²) in [5.41, 5.74) is 3.21. The topological polar surface area (TPSA) is 79.3 Å². The van der Waals surface area contributed by atoms with Crippen molar-refractivity contribution in [2.45, 2.75) is 20.3 Å². The molecule has 2 aliphatic rings. The third kappa shape index (κ3) is 2.33. The lowest BCUT2D eigenvalue weighted by Gasteiger charge is -2.23. The molecule has 2 N–H and O–H groups in total. The Morgan fingerprint density at radius 1 is 1.17 bits per heavy atom. The van der Waals surface area contributed by atoms with Gasteiger partial charge in [0.05, 0.1) is 22.1 Å². The summed E-state index contributed by atoms with van der Waals surface area (Å²) in [6, 6.07) is 4.08. The van der Waals surface area contributed by atoms with Crippen molar-refractivity contribution >= 4 is 38.6 Å². The molecule has 0 aliphatic heterocycles. The first-order valence-electron chi connectivity index (χ1n) is 8.04. The van der Waals surface area contributed by atoms with Gasteiger partial charge in [-0.15, -0.1) is 0 Å². The number of hydrogen-bond donors (Lipinski definition) is 2. The number of aliphatic carboxylic acids is 1. The number of allylic oxidation sites excluding steroid dienone is 2. The third-order valence-electron chi connectivity index (χ3n) is 5.28. The fourth-order valence-corrected chi connectivity index (χ4v) is 4.89. The lowest BCUT2D eigenvalue weighted by Crippen LogP contribution is -2.36. The maximum atomic E-state index is 12.7. The van der Waals surface area contributed by atoms with Crippen LogP contribution in [0.25, 0.3) is 10.2 Å². The predicted octanol–water partition coefficient (Wildman–Crippen LogP) is 3.37. The first-order valence-corrected chi connectivity index (χ1v) is 8.85. The zero-order valence-corrected chi connectivity index (χ0v) is 14.3. The molecule has 2 bridgehead atoms. The Morgan fingerprint density at radius 3 is 2.54 bits per heavy atom. The average Bonchev–Trinajstić information content (AvgIpc) is 3.20. The molecule has 4 atom stereocenters. The normalized spacial score (nSPS) is 27.8. The number of aryl methyl sites for hydroxylation is 2. The van der Waals surface area contributed by atoms with Crippen LogP contribution in [-0.2, 0) is 9.59 Å². The van der Waals surface area contributed by atoms with Crippen molar-refractivity contribution in [3.05, 3.63) is 35.4 Å². The number of carbonyl (C=O) groups excluding carboxylic acids is 1. The van der Waals surface area contributed by atoms with Gasteiger partial charge in [-0.25, -0.2) is 4.98 Å². The molecule has 5 nitrogen and oxygen atoms in total. The standard InChI is InChI=1S/C18H18N2O3S/c1-8-5-12-13(6-9(8)2)24-18(19-12)20-16(21)14-10-3-4-11(7-10)15(14)17(22)23/h3-6,10-11,14-15H,7H2,1-2H3,(H,22,23)(H,19,20,21). The van der Waals surface area contributed by atoms with E-state index in [0.29, 0.717) is 5.13 Å². The Morgan fingerprint density at radius 2 is 1.83 bits per heavy atom. The fourth-order valence-electron chi connectivity index (χ4n) is 3.94. The van der Waals surface area contributed by atoms with Gasteiger partial charge in [0.1, 0.15) is 0 Å². The van der Waals surface area contributed by atoms with Crippen LogP contribution in [0.3, 0.4) is 0 Å². The fraction of sp³-hybridized carbons (Fsp3) is 0.389. The van der Waals surface area contributed by atoms with Crippen LogP contribution in [-0.4, -0.2) is 22.0 Å². The first kappa shape index (κ1) is 15.3. The molecular formula is C18H18N2O3S. The molecule has 4 rings (SSSR count). The quantitative estimate of drug-likeness (QED) is 0.838. The molecule has 1 saturated carbocycles. The Hall–Kier alpha value is -2.21. The molecule has 1 aromatic carbocycles. The summed E-state index contributed by atoms with van der Waals surface area (Å²) in [6.07, 6.45) is 4.68. The zero-order valence-electron chi connectivity index (χ0n) is 13.4. The summed E-state index contributed by atoms with van der Waals surface area (Å²) in [7, 11) is 0. The van der Waals surface area contributed by atoms with E-state index in [1.165, 1.54) is 16.9 Å². The first-order chi connectivity index (χ1) is 11.4. The van der Waals surface area contributed by atoms with E-state index in [1.807, 2.05) is 32.1 Å². The van der Waals surface area contributed by atoms with Crippen molar-refractivity contribution in [3.8, 4) is 0 Å². The highest BCUT2D eigenvalue weighted by Crippen LogP contribution is 2.48. The second-order valence-corrected chi connectivity index (χ2v) is 7.78. The van der Waals surface area contributed by atoms with Crippen molar-refractivity contribution in [1.29, 1.82) is 0 Å². The second kappa shape index (κ2) is 5.41. The Bertz CT molecular complexity index is 847. The second-order valence-electron chi connectivity index (χ2n) is 6.75. The molecule has 1 heterocycles. The number of carboxylic acids is 1. The van der Waals surface area contributed by atoms with Gasteiger partial charge < -0.3 is 10.4 Å². The number of nitrogens with zero attached hydrogens (tertiary/aromatic N) is 1. The number of thiazole rings is 1. The van der Waals surface area contributed by atoms with E-state index in [2.05, 4.69) is 16.4 Å². The number of amides is 1. The van der Waals surface area contributed by atoms with Crippen molar-refractivity contribution in [2.24, 2.45) is 23.7 Å². The molecule has 0 radical (unpaired) electrons. The predicted molar refractivity (Wildman–Crippen MR) is 93.1 cm³/mol. The van der Waals surface area contributed by atoms with E-state index < -0.39 is 17.8 Å². The van der Waals surface area contributed by atoms with E-state index in [-0.39, 0.29) is 17.7 Å². The number of hydrogen-bond acceptors (Lipinski definition) is 4. The van der Waals surface area contributed by atoms with E-state index in [4.69, 9.17) is 0 Å². The molecule has 1 fully saturated rings. The number of fused-ring (bicyclic) bond motifs is 3. The molecule has 2 aromatic rings. The van der Waals surface area contributed by atoms with E-state index >= 15 is 0 Å². The molecule has 124 valence electrons. The number of rotatable bonds is 3. The van der Waals surface area contributed by atoms with Crippen LogP contribution in [0.5, 0.6) is 0 Å². The summed E-state index contributed by atoms with van der Waals surface area (Å²) in [5.74, 6) is -2.25. The highest BCUT2D eigenvalue weighted by Gasteiger charge is 2.51. The summed E-state index contributed by atoms with van der Waals surface area (Å²) >= 11 is 1.43. The molecule has 1 amide bonds. The SMILES string of the molecule is Cc1cc2nc(NC(=O)C3C4C=CC(C4)C3C(=O)O)sc2cc1C. The summed E-state index contributed by atoms with van der Waals surface area (Å²) in [6.45, 7) is 4.08. The van der Waals surface area contributed by atoms with Gasteiger partial charge in [-0.2, -0.15) is 0 Å². The zero-order chi connectivity index (χ0) is 17.0. The minimum absolute atomic E-state index is 0.0231. The van der Waals surface area contributed by atoms with Crippen LogP contribution < -0.4 is 5.32 Å². The lowest BCUT2D eigenvalue weighted by atomic mass is 9.82. The van der Waals surface area contributed by atoms with Gasteiger partial charge in [-0.1, -0.05) is 23.5 Å². The maximum absolute atomic E-state index is 12.7. The molecule has 0 spiro atoms. The van der Waals surface area contributed by atoms with Gasteiger partial charge in [-0.05, 0) is 55.4 Å².